The molecule has 0 heterocycles. The number of fused-ring (bicyclic) bond motifs is 1. The first-order valence-corrected chi connectivity index (χ1v) is 10.1. The van der Waals surface area contributed by atoms with Gasteiger partial charge in [-0.3, -0.25) is 4.79 Å². The normalized spacial score (nSPS) is 38.1. The number of aliphatic hydroxyl groups excluding tert-OH is 3. The molecule has 0 aromatic rings. The van der Waals surface area contributed by atoms with Crippen molar-refractivity contribution in [3.63, 3.8) is 0 Å². The number of unbranched alkanes of at least 4 members (excludes halogenated alkanes) is 2. The standard InChI is InChI=1S/C21H36O6/c1-5-6-7-8-17(25)27-15-11-14(12-22)21(26,13-23)20(4)16(24)9-10-19(2,3)18(15)20/h11,15-16,18,22-24,26H,5-10,12-13H2,1-4H3/t15-,16-,18-,20-,21+/m0/s1. The summed E-state index contributed by atoms with van der Waals surface area (Å²) in [6, 6.07) is 0. The van der Waals surface area contributed by atoms with Crippen LogP contribution in [0, 0.1) is 16.7 Å². The van der Waals surface area contributed by atoms with Gasteiger partial charge < -0.3 is 25.2 Å². The second kappa shape index (κ2) is 8.19. The van der Waals surface area contributed by atoms with E-state index in [4.69, 9.17) is 4.74 Å². The summed E-state index contributed by atoms with van der Waals surface area (Å²) >= 11 is 0. The van der Waals surface area contributed by atoms with Crippen LogP contribution in [0.2, 0.25) is 0 Å². The van der Waals surface area contributed by atoms with Gasteiger partial charge in [0.1, 0.15) is 11.7 Å². The second-order valence-corrected chi connectivity index (χ2v) is 9.08. The average molecular weight is 385 g/mol. The Kier molecular flexibility index (Phi) is 6.78. The van der Waals surface area contributed by atoms with Crippen LogP contribution in [0.5, 0.6) is 0 Å². The van der Waals surface area contributed by atoms with E-state index in [1.807, 2.05) is 13.8 Å². The fourth-order valence-electron chi connectivity index (χ4n) is 5.37. The van der Waals surface area contributed by atoms with Crippen LogP contribution in [-0.4, -0.2) is 57.4 Å². The zero-order chi connectivity index (χ0) is 20.5. The van der Waals surface area contributed by atoms with Crippen molar-refractivity contribution < 1.29 is 30.0 Å². The number of hydrogen-bond acceptors (Lipinski definition) is 6. The van der Waals surface area contributed by atoms with E-state index in [2.05, 4.69) is 6.92 Å². The topological polar surface area (TPSA) is 107 Å². The molecule has 156 valence electrons. The van der Waals surface area contributed by atoms with Crippen LogP contribution in [0.3, 0.4) is 0 Å². The number of ether oxygens (including phenoxy) is 1. The number of rotatable bonds is 7. The minimum atomic E-state index is -1.77. The molecule has 2 rings (SSSR count). The van der Waals surface area contributed by atoms with Crippen molar-refractivity contribution in [2.24, 2.45) is 16.7 Å². The molecule has 6 nitrogen and oxygen atoms in total. The van der Waals surface area contributed by atoms with Crippen molar-refractivity contribution in [1.82, 2.24) is 0 Å². The Hall–Kier alpha value is -0.950. The van der Waals surface area contributed by atoms with Crippen LogP contribution in [0.1, 0.15) is 66.2 Å². The monoisotopic (exact) mass is 384 g/mol. The highest BCUT2D eigenvalue weighted by molar-refractivity contribution is 5.69. The highest BCUT2D eigenvalue weighted by atomic mass is 16.5. The lowest BCUT2D eigenvalue weighted by molar-refractivity contribution is -0.237. The molecule has 1 fully saturated rings. The van der Waals surface area contributed by atoms with Crippen molar-refractivity contribution in [2.75, 3.05) is 13.2 Å². The molecule has 0 unspecified atom stereocenters. The molecule has 6 heteroatoms. The molecule has 5 atom stereocenters. The maximum Gasteiger partial charge on any atom is 0.306 e. The lowest BCUT2D eigenvalue weighted by atomic mass is 9.45. The van der Waals surface area contributed by atoms with E-state index in [9.17, 15) is 25.2 Å². The van der Waals surface area contributed by atoms with Gasteiger partial charge in [0.15, 0.2) is 0 Å². The minimum absolute atomic E-state index is 0.201. The number of esters is 1. The molecular formula is C21H36O6. The third kappa shape index (κ3) is 3.69. The number of aliphatic hydroxyl groups is 4. The molecule has 2 aliphatic rings. The fourth-order valence-corrected chi connectivity index (χ4v) is 5.37. The average Bonchev–Trinajstić information content (AvgIpc) is 2.61. The zero-order valence-corrected chi connectivity index (χ0v) is 17.1. The highest BCUT2D eigenvalue weighted by Crippen LogP contribution is 2.61. The Balaban J connectivity index is 2.46. The summed E-state index contributed by atoms with van der Waals surface area (Å²) in [5.74, 6) is -0.703. The van der Waals surface area contributed by atoms with Crippen molar-refractivity contribution in [2.45, 2.75) is 84.0 Å². The summed E-state index contributed by atoms with van der Waals surface area (Å²) in [5, 5.41) is 42.1. The third-order valence-corrected chi connectivity index (χ3v) is 7.01. The number of carbonyl (C=O) groups is 1. The van der Waals surface area contributed by atoms with Gasteiger partial charge in [-0.15, -0.1) is 0 Å². The van der Waals surface area contributed by atoms with E-state index in [-0.39, 0.29) is 17.0 Å². The lowest BCUT2D eigenvalue weighted by Crippen LogP contribution is -2.70. The van der Waals surface area contributed by atoms with Crippen LogP contribution >= 0.6 is 0 Å². The summed E-state index contributed by atoms with van der Waals surface area (Å²) in [6.07, 6.45) is 4.26. The molecule has 4 N–H and O–H groups in total. The summed E-state index contributed by atoms with van der Waals surface area (Å²) < 4.78 is 5.80. The van der Waals surface area contributed by atoms with E-state index in [1.54, 1.807) is 13.0 Å². The molecule has 0 radical (unpaired) electrons. The van der Waals surface area contributed by atoms with Crippen LogP contribution in [0.4, 0.5) is 0 Å². The predicted octanol–water partition coefficient (Wildman–Crippen LogP) is 1.94. The summed E-state index contributed by atoms with van der Waals surface area (Å²) in [6.45, 7) is 6.79. The van der Waals surface area contributed by atoms with E-state index < -0.39 is 42.4 Å². The van der Waals surface area contributed by atoms with Gasteiger partial charge in [-0.25, -0.2) is 0 Å². The SMILES string of the molecule is CCCCCC(=O)O[C@H]1C=C(CO)[C@](O)(CO)[C@@]2(C)[C@@H](O)CCC(C)(C)[C@H]12. The van der Waals surface area contributed by atoms with Crippen LogP contribution in [-0.2, 0) is 9.53 Å². The van der Waals surface area contributed by atoms with Gasteiger partial charge in [-0.1, -0.05) is 40.5 Å². The predicted molar refractivity (Wildman–Crippen MR) is 102 cm³/mol. The molecular weight excluding hydrogens is 348 g/mol. The van der Waals surface area contributed by atoms with Crippen LogP contribution in [0.25, 0.3) is 0 Å². The van der Waals surface area contributed by atoms with E-state index >= 15 is 0 Å². The molecule has 2 aliphatic carbocycles. The highest BCUT2D eigenvalue weighted by Gasteiger charge is 2.66. The lowest BCUT2D eigenvalue weighted by Gasteiger charge is -2.63. The van der Waals surface area contributed by atoms with Crippen molar-refractivity contribution in [1.29, 1.82) is 0 Å². The zero-order valence-electron chi connectivity index (χ0n) is 17.1. The Bertz CT molecular complexity index is 571. The molecule has 0 aromatic heterocycles. The fraction of sp³-hybridized carbons (Fsp3) is 0.857. The van der Waals surface area contributed by atoms with E-state index in [0.29, 0.717) is 19.3 Å². The van der Waals surface area contributed by atoms with Gasteiger partial charge in [0.05, 0.1) is 19.3 Å². The largest absolute Gasteiger partial charge is 0.458 e. The molecule has 0 aromatic carbocycles. The van der Waals surface area contributed by atoms with Gasteiger partial charge in [-0.05, 0) is 36.3 Å². The van der Waals surface area contributed by atoms with E-state index in [1.165, 1.54) is 0 Å². The maximum absolute atomic E-state index is 12.4. The van der Waals surface area contributed by atoms with Crippen molar-refractivity contribution in [3.05, 3.63) is 11.6 Å². The quantitative estimate of drug-likeness (QED) is 0.304. The van der Waals surface area contributed by atoms with Crippen molar-refractivity contribution >= 4 is 5.97 Å². The molecule has 1 saturated carbocycles. The van der Waals surface area contributed by atoms with Crippen LogP contribution < -0.4 is 0 Å². The molecule has 0 spiro atoms. The number of hydrogen-bond donors (Lipinski definition) is 4. The Labute approximate surface area is 162 Å². The van der Waals surface area contributed by atoms with Gasteiger partial charge in [0, 0.05) is 17.8 Å². The molecule has 0 amide bonds. The first-order chi connectivity index (χ1) is 12.6. The van der Waals surface area contributed by atoms with Gasteiger partial charge in [0.2, 0.25) is 0 Å². The van der Waals surface area contributed by atoms with Crippen LogP contribution in [0.15, 0.2) is 11.6 Å². The summed E-state index contributed by atoms with van der Waals surface area (Å²) in [4.78, 5) is 12.4. The first-order valence-electron chi connectivity index (χ1n) is 10.1. The second-order valence-electron chi connectivity index (χ2n) is 9.08. The Morgan fingerprint density at radius 3 is 2.48 bits per heavy atom. The molecule has 0 bridgehead atoms. The third-order valence-electron chi connectivity index (χ3n) is 7.01. The van der Waals surface area contributed by atoms with Crippen molar-refractivity contribution in [3.8, 4) is 0 Å². The maximum atomic E-state index is 12.4. The van der Waals surface area contributed by atoms with Gasteiger partial charge >= 0.3 is 5.97 Å². The summed E-state index contributed by atoms with van der Waals surface area (Å²) in [7, 11) is 0. The molecule has 0 aliphatic heterocycles. The Morgan fingerprint density at radius 2 is 1.93 bits per heavy atom. The summed E-state index contributed by atoms with van der Waals surface area (Å²) in [5.41, 5.74) is -3.05. The molecule has 0 saturated heterocycles. The number of carbonyl (C=O) groups excluding carboxylic acids is 1. The smallest absolute Gasteiger partial charge is 0.306 e. The minimum Gasteiger partial charge on any atom is -0.458 e. The van der Waals surface area contributed by atoms with Gasteiger partial charge in [-0.2, -0.15) is 0 Å². The van der Waals surface area contributed by atoms with E-state index in [0.717, 1.165) is 19.3 Å². The molecule has 27 heavy (non-hydrogen) atoms. The first kappa shape index (κ1) is 22.3. The van der Waals surface area contributed by atoms with Gasteiger partial charge in [0.25, 0.3) is 0 Å². The Morgan fingerprint density at radius 1 is 1.26 bits per heavy atom.